The summed E-state index contributed by atoms with van der Waals surface area (Å²) >= 11 is 0. The first-order valence-corrected chi connectivity index (χ1v) is 8.63. The lowest BCUT2D eigenvalue weighted by molar-refractivity contribution is 0.515. The van der Waals surface area contributed by atoms with Gasteiger partial charge in [-0.1, -0.05) is 91.0 Å². The van der Waals surface area contributed by atoms with Crippen molar-refractivity contribution in [1.82, 2.24) is 15.2 Å². The molecule has 0 amide bonds. The molecule has 4 rings (SSSR count). The number of aromatic nitrogens is 3. The normalized spacial score (nSPS) is 11.3. The fraction of sp³-hybridized carbons (Fsp3) is 0. The second-order valence-corrected chi connectivity index (χ2v) is 6.00. The molecule has 1 N–H and O–H groups in total. The third kappa shape index (κ3) is 3.75. The second kappa shape index (κ2) is 7.62. The fourth-order valence-corrected chi connectivity index (χ4v) is 2.77. The van der Waals surface area contributed by atoms with E-state index in [0.717, 1.165) is 16.7 Å². The van der Waals surface area contributed by atoms with Gasteiger partial charge in [0.2, 0.25) is 0 Å². The number of aliphatic hydroxyl groups is 1. The van der Waals surface area contributed by atoms with Crippen LogP contribution in [0, 0.1) is 0 Å². The van der Waals surface area contributed by atoms with Crippen LogP contribution < -0.4 is 0 Å². The molecule has 0 aliphatic carbocycles. The Hall–Kier alpha value is -3.79. The first-order chi connectivity index (χ1) is 13.3. The van der Waals surface area contributed by atoms with E-state index in [9.17, 15) is 5.11 Å². The van der Waals surface area contributed by atoms with Crippen molar-refractivity contribution in [3.8, 4) is 22.6 Å². The van der Waals surface area contributed by atoms with E-state index >= 15 is 0 Å². The number of nitrogens with zero attached hydrogens (tertiary/aromatic N) is 3. The standard InChI is InChI=1S/C23H17N3O/c27-21(17-10-4-1-5-11-17)16-20-22(18-12-6-2-7-13-18)25-26-23(24-20)19-14-8-3-9-15-19/h1-16,27H/b21-16-. The molecule has 1 heterocycles. The van der Waals surface area contributed by atoms with Crippen molar-refractivity contribution in [3.05, 3.63) is 102 Å². The first-order valence-electron chi connectivity index (χ1n) is 8.63. The first kappa shape index (κ1) is 16.7. The zero-order chi connectivity index (χ0) is 18.5. The Labute approximate surface area is 157 Å². The third-order valence-corrected chi connectivity index (χ3v) is 4.14. The van der Waals surface area contributed by atoms with Crippen molar-refractivity contribution in [3.63, 3.8) is 0 Å². The average Bonchev–Trinajstić information content (AvgIpc) is 2.75. The minimum Gasteiger partial charge on any atom is -0.507 e. The van der Waals surface area contributed by atoms with Crippen LogP contribution in [-0.2, 0) is 0 Å². The second-order valence-electron chi connectivity index (χ2n) is 6.00. The van der Waals surface area contributed by atoms with E-state index < -0.39 is 0 Å². The van der Waals surface area contributed by atoms with Crippen molar-refractivity contribution < 1.29 is 5.11 Å². The third-order valence-electron chi connectivity index (χ3n) is 4.14. The fourth-order valence-electron chi connectivity index (χ4n) is 2.77. The van der Waals surface area contributed by atoms with E-state index in [0.29, 0.717) is 17.2 Å². The molecular formula is C23H17N3O. The summed E-state index contributed by atoms with van der Waals surface area (Å²) in [6.45, 7) is 0. The molecule has 27 heavy (non-hydrogen) atoms. The van der Waals surface area contributed by atoms with Gasteiger partial charge in [-0.15, -0.1) is 10.2 Å². The number of aliphatic hydroxyl groups excluding tert-OH is 1. The van der Waals surface area contributed by atoms with E-state index in [4.69, 9.17) is 0 Å². The summed E-state index contributed by atoms with van der Waals surface area (Å²) in [6.07, 6.45) is 1.64. The van der Waals surface area contributed by atoms with Gasteiger partial charge in [0.15, 0.2) is 5.82 Å². The number of hydrogen-bond acceptors (Lipinski definition) is 4. The van der Waals surface area contributed by atoms with Crippen LogP contribution in [0.1, 0.15) is 11.3 Å². The summed E-state index contributed by atoms with van der Waals surface area (Å²) in [5, 5.41) is 19.3. The van der Waals surface area contributed by atoms with Gasteiger partial charge in [-0.2, -0.15) is 0 Å². The molecule has 4 nitrogen and oxygen atoms in total. The zero-order valence-electron chi connectivity index (χ0n) is 14.5. The molecule has 1 aromatic heterocycles. The SMILES string of the molecule is O/C(=C\c1nc(-c2ccccc2)nnc1-c1ccccc1)c1ccccc1. The Balaban J connectivity index is 1.85. The van der Waals surface area contributed by atoms with Crippen LogP contribution >= 0.6 is 0 Å². The highest BCUT2D eigenvalue weighted by Gasteiger charge is 2.12. The Morgan fingerprint density at radius 1 is 0.667 bits per heavy atom. The predicted molar refractivity (Wildman–Crippen MR) is 108 cm³/mol. The van der Waals surface area contributed by atoms with Gasteiger partial charge >= 0.3 is 0 Å². The van der Waals surface area contributed by atoms with Crippen LogP contribution in [0.3, 0.4) is 0 Å². The van der Waals surface area contributed by atoms with Gasteiger partial charge in [-0.3, -0.25) is 0 Å². The Bertz CT molecular complexity index is 1060. The molecule has 0 saturated heterocycles. The van der Waals surface area contributed by atoms with Gasteiger partial charge in [0.25, 0.3) is 0 Å². The molecule has 0 unspecified atom stereocenters. The largest absolute Gasteiger partial charge is 0.507 e. The molecular weight excluding hydrogens is 334 g/mol. The molecule has 0 atom stereocenters. The molecule has 0 fully saturated rings. The molecule has 0 spiro atoms. The van der Waals surface area contributed by atoms with E-state index in [2.05, 4.69) is 15.2 Å². The summed E-state index contributed by atoms with van der Waals surface area (Å²) in [5.41, 5.74) is 3.67. The van der Waals surface area contributed by atoms with Crippen molar-refractivity contribution in [2.24, 2.45) is 0 Å². The van der Waals surface area contributed by atoms with Gasteiger partial charge in [0.1, 0.15) is 11.5 Å². The summed E-state index contributed by atoms with van der Waals surface area (Å²) in [5.74, 6) is 0.648. The van der Waals surface area contributed by atoms with E-state index in [1.54, 1.807) is 6.08 Å². The van der Waals surface area contributed by atoms with Gasteiger partial charge in [0, 0.05) is 22.8 Å². The topological polar surface area (TPSA) is 58.9 Å². The minimum atomic E-state index is 0.132. The Kier molecular flexibility index (Phi) is 4.70. The van der Waals surface area contributed by atoms with Gasteiger partial charge in [0.05, 0.1) is 5.69 Å². The highest BCUT2D eigenvalue weighted by molar-refractivity contribution is 5.81. The molecule has 0 aliphatic heterocycles. The maximum atomic E-state index is 10.6. The molecule has 0 saturated carbocycles. The van der Waals surface area contributed by atoms with Crippen molar-refractivity contribution >= 4 is 11.8 Å². The monoisotopic (exact) mass is 351 g/mol. The van der Waals surface area contributed by atoms with Gasteiger partial charge in [-0.05, 0) is 0 Å². The van der Waals surface area contributed by atoms with Crippen LogP contribution in [0.5, 0.6) is 0 Å². The number of hydrogen-bond donors (Lipinski definition) is 1. The van der Waals surface area contributed by atoms with Gasteiger partial charge in [-0.25, -0.2) is 4.98 Å². The highest BCUT2D eigenvalue weighted by Crippen LogP contribution is 2.25. The van der Waals surface area contributed by atoms with Crippen LogP contribution in [0.25, 0.3) is 34.5 Å². The summed E-state index contributed by atoms with van der Waals surface area (Å²) < 4.78 is 0. The van der Waals surface area contributed by atoms with Gasteiger partial charge < -0.3 is 5.11 Å². The average molecular weight is 351 g/mol. The minimum absolute atomic E-state index is 0.132. The predicted octanol–water partition coefficient (Wildman–Crippen LogP) is 5.26. The Morgan fingerprint density at radius 3 is 1.85 bits per heavy atom. The van der Waals surface area contributed by atoms with Crippen LogP contribution in [0.2, 0.25) is 0 Å². The quantitative estimate of drug-likeness (QED) is 0.509. The van der Waals surface area contributed by atoms with E-state index in [1.807, 2.05) is 91.0 Å². The smallest absolute Gasteiger partial charge is 0.182 e. The maximum Gasteiger partial charge on any atom is 0.182 e. The molecule has 0 radical (unpaired) electrons. The van der Waals surface area contributed by atoms with E-state index in [-0.39, 0.29) is 5.76 Å². The Morgan fingerprint density at radius 2 is 1.22 bits per heavy atom. The zero-order valence-corrected chi connectivity index (χ0v) is 14.5. The summed E-state index contributed by atoms with van der Waals surface area (Å²) in [6, 6.07) is 28.8. The summed E-state index contributed by atoms with van der Waals surface area (Å²) in [7, 11) is 0. The molecule has 4 heteroatoms. The van der Waals surface area contributed by atoms with Crippen molar-refractivity contribution in [2.75, 3.05) is 0 Å². The van der Waals surface area contributed by atoms with Crippen LogP contribution in [0.4, 0.5) is 0 Å². The number of rotatable bonds is 4. The lowest BCUT2D eigenvalue weighted by Crippen LogP contribution is -2.00. The number of benzene rings is 3. The van der Waals surface area contributed by atoms with Crippen LogP contribution in [-0.4, -0.2) is 20.3 Å². The molecule has 3 aromatic carbocycles. The van der Waals surface area contributed by atoms with E-state index in [1.165, 1.54) is 0 Å². The maximum absolute atomic E-state index is 10.6. The van der Waals surface area contributed by atoms with Crippen molar-refractivity contribution in [1.29, 1.82) is 0 Å². The molecule has 0 aliphatic rings. The lowest BCUT2D eigenvalue weighted by atomic mass is 10.1. The van der Waals surface area contributed by atoms with Crippen LogP contribution in [0.15, 0.2) is 91.0 Å². The molecule has 4 aromatic rings. The lowest BCUT2D eigenvalue weighted by Gasteiger charge is -2.08. The van der Waals surface area contributed by atoms with Crippen molar-refractivity contribution in [2.45, 2.75) is 0 Å². The highest BCUT2D eigenvalue weighted by atomic mass is 16.3. The molecule has 0 bridgehead atoms. The summed E-state index contributed by atoms with van der Waals surface area (Å²) in [4.78, 5) is 4.67. The molecule has 130 valence electrons.